The second kappa shape index (κ2) is 7.78. The number of fused-ring (bicyclic) bond motifs is 13. The Balaban J connectivity index is 1.41. The summed E-state index contributed by atoms with van der Waals surface area (Å²) in [5, 5.41) is 0.601. The molecule has 9 rings (SSSR count). The summed E-state index contributed by atoms with van der Waals surface area (Å²) in [5.74, 6) is 1.63. The number of rotatable bonds is 1. The number of hydrogen-bond acceptors (Lipinski definition) is 5. The molecular weight excluding hydrogens is 516 g/mol. The van der Waals surface area contributed by atoms with Crippen molar-refractivity contribution in [2.24, 2.45) is 0 Å². The van der Waals surface area contributed by atoms with Crippen molar-refractivity contribution in [1.82, 2.24) is 15.0 Å². The first-order valence-corrected chi connectivity index (χ1v) is 13.5. The van der Waals surface area contributed by atoms with Crippen LogP contribution in [0.4, 0.5) is 17.1 Å². The van der Waals surface area contributed by atoms with Crippen LogP contribution in [0.15, 0.2) is 116 Å². The molecule has 3 aromatic heterocycles. The standard InChI is InChI=1S/C34H19ClN4O/c35-20-18-26-32(38-19-20)31-25(8-5-15-37-31)34(26)23-7-2-1-6-22(23)30-24(34)11-12-28-33(30)40-29-10-4-3-9-27(29)39(28)21-13-16-36-17-14-21/h1-19H. The normalized spacial score (nSPS) is 16.9. The summed E-state index contributed by atoms with van der Waals surface area (Å²) in [6, 6.07) is 31.4. The van der Waals surface area contributed by atoms with Gasteiger partial charge in [0.15, 0.2) is 11.5 Å². The summed E-state index contributed by atoms with van der Waals surface area (Å²) in [4.78, 5) is 16.1. The number of anilines is 3. The number of ether oxygens (including phenoxy) is 1. The maximum absolute atomic E-state index is 6.82. The van der Waals surface area contributed by atoms with Crippen LogP contribution in [0.1, 0.15) is 22.3 Å². The molecule has 40 heavy (non-hydrogen) atoms. The van der Waals surface area contributed by atoms with E-state index in [1.807, 2.05) is 55.0 Å². The van der Waals surface area contributed by atoms with Gasteiger partial charge in [0.2, 0.25) is 0 Å². The Kier molecular flexibility index (Phi) is 4.25. The lowest BCUT2D eigenvalue weighted by Gasteiger charge is -2.35. The van der Waals surface area contributed by atoms with Crippen molar-refractivity contribution in [3.8, 4) is 34.0 Å². The summed E-state index contributed by atoms with van der Waals surface area (Å²) in [6.45, 7) is 0. The van der Waals surface area contributed by atoms with Crippen LogP contribution in [0.2, 0.25) is 5.02 Å². The van der Waals surface area contributed by atoms with Crippen LogP contribution in [0.5, 0.6) is 11.5 Å². The van der Waals surface area contributed by atoms with Crippen molar-refractivity contribution >= 4 is 28.7 Å². The van der Waals surface area contributed by atoms with Gasteiger partial charge in [-0.05, 0) is 64.7 Å². The Labute approximate surface area is 235 Å². The monoisotopic (exact) mass is 534 g/mol. The number of pyridine rings is 3. The number of halogens is 1. The fraction of sp³-hybridized carbons (Fsp3) is 0.0294. The van der Waals surface area contributed by atoms with Crippen LogP contribution in [0.25, 0.3) is 22.5 Å². The van der Waals surface area contributed by atoms with Crippen LogP contribution in [0, 0.1) is 0 Å². The Morgan fingerprint density at radius 1 is 0.675 bits per heavy atom. The fourth-order valence-corrected chi connectivity index (χ4v) is 7.04. The van der Waals surface area contributed by atoms with Crippen molar-refractivity contribution in [1.29, 1.82) is 0 Å². The Morgan fingerprint density at radius 3 is 2.40 bits per heavy atom. The molecule has 4 heterocycles. The molecule has 1 aliphatic heterocycles. The third-order valence-corrected chi connectivity index (χ3v) is 8.52. The van der Waals surface area contributed by atoms with Gasteiger partial charge in [-0.2, -0.15) is 0 Å². The molecule has 5 nitrogen and oxygen atoms in total. The lowest BCUT2D eigenvalue weighted by atomic mass is 9.71. The van der Waals surface area contributed by atoms with E-state index in [2.05, 4.69) is 64.5 Å². The number of benzene rings is 3. The van der Waals surface area contributed by atoms with Gasteiger partial charge in [-0.1, -0.05) is 60.1 Å². The van der Waals surface area contributed by atoms with Gasteiger partial charge in [0.05, 0.1) is 33.2 Å². The van der Waals surface area contributed by atoms with Crippen molar-refractivity contribution in [3.63, 3.8) is 0 Å². The summed E-state index contributed by atoms with van der Waals surface area (Å²) in [5.41, 5.74) is 10.8. The second-order valence-corrected chi connectivity index (χ2v) is 10.6. The van der Waals surface area contributed by atoms with Gasteiger partial charge in [0, 0.05) is 41.6 Å². The first-order valence-electron chi connectivity index (χ1n) is 13.1. The van der Waals surface area contributed by atoms with Crippen molar-refractivity contribution < 1.29 is 4.74 Å². The van der Waals surface area contributed by atoms with Crippen LogP contribution in [-0.2, 0) is 5.41 Å². The molecule has 0 bridgehead atoms. The SMILES string of the molecule is Clc1cnc2c(c1)C1(c3ccccc3-c3c1ccc1c3Oc3ccccc3N1c1ccncc1)c1cccnc1-2. The number of nitrogens with zero attached hydrogens (tertiary/aromatic N) is 4. The first kappa shape index (κ1) is 21.9. The lowest BCUT2D eigenvalue weighted by Crippen LogP contribution is -2.26. The number of para-hydroxylation sites is 2. The zero-order chi connectivity index (χ0) is 26.4. The molecule has 0 amide bonds. The smallest absolute Gasteiger partial charge is 0.159 e. The number of aromatic nitrogens is 3. The first-order chi connectivity index (χ1) is 19.8. The molecule has 1 atom stereocenters. The molecule has 0 saturated carbocycles. The van der Waals surface area contributed by atoms with E-state index in [1.54, 1.807) is 6.20 Å². The Bertz CT molecular complexity index is 2030. The summed E-state index contributed by atoms with van der Waals surface area (Å²) < 4.78 is 6.82. The van der Waals surface area contributed by atoms with E-state index < -0.39 is 5.41 Å². The highest BCUT2D eigenvalue weighted by Gasteiger charge is 2.54. The van der Waals surface area contributed by atoms with E-state index >= 15 is 0 Å². The van der Waals surface area contributed by atoms with E-state index in [0.29, 0.717) is 5.02 Å². The van der Waals surface area contributed by atoms with E-state index in [1.165, 1.54) is 5.56 Å². The highest BCUT2D eigenvalue weighted by Crippen LogP contribution is 2.66. The van der Waals surface area contributed by atoms with Gasteiger partial charge >= 0.3 is 0 Å². The molecule has 6 heteroatoms. The summed E-state index contributed by atoms with van der Waals surface area (Å²) >= 11 is 6.62. The average Bonchev–Trinajstić information content (AvgIpc) is 3.47. The predicted molar refractivity (Wildman–Crippen MR) is 156 cm³/mol. The van der Waals surface area contributed by atoms with Crippen LogP contribution >= 0.6 is 11.6 Å². The molecule has 2 aliphatic carbocycles. The molecule has 0 saturated heterocycles. The molecular formula is C34H19ClN4O. The van der Waals surface area contributed by atoms with Gasteiger partial charge < -0.3 is 9.64 Å². The zero-order valence-corrected chi connectivity index (χ0v) is 21.8. The molecule has 3 aliphatic rings. The van der Waals surface area contributed by atoms with Gasteiger partial charge in [-0.25, -0.2) is 0 Å². The van der Waals surface area contributed by atoms with Gasteiger partial charge in [0.25, 0.3) is 0 Å². The van der Waals surface area contributed by atoms with E-state index in [0.717, 1.165) is 67.8 Å². The maximum Gasteiger partial charge on any atom is 0.159 e. The topological polar surface area (TPSA) is 51.1 Å². The van der Waals surface area contributed by atoms with E-state index in [4.69, 9.17) is 26.3 Å². The minimum absolute atomic E-state index is 0.601. The van der Waals surface area contributed by atoms with E-state index in [9.17, 15) is 0 Å². The molecule has 6 aromatic rings. The zero-order valence-electron chi connectivity index (χ0n) is 21.0. The van der Waals surface area contributed by atoms with Crippen molar-refractivity contribution in [2.45, 2.75) is 5.41 Å². The van der Waals surface area contributed by atoms with Crippen molar-refractivity contribution in [2.75, 3.05) is 4.90 Å². The maximum atomic E-state index is 6.82. The second-order valence-electron chi connectivity index (χ2n) is 10.2. The molecule has 1 spiro atoms. The van der Waals surface area contributed by atoms with Crippen molar-refractivity contribution in [3.05, 3.63) is 143 Å². The highest BCUT2D eigenvalue weighted by molar-refractivity contribution is 6.30. The summed E-state index contributed by atoms with van der Waals surface area (Å²) in [7, 11) is 0. The predicted octanol–water partition coefficient (Wildman–Crippen LogP) is 8.44. The molecule has 0 radical (unpaired) electrons. The minimum Gasteiger partial charge on any atom is -0.452 e. The largest absolute Gasteiger partial charge is 0.452 e. The molecule has 188 valence electrons. The molecule has 1 unspecified atom stereocenters. The minimum atomic E-state index is -0.612. The third kappa shape index (κ3) is 2.60. The molecule has 0 fully saturated rings. The molecule has 3 aromatic carbocycles. The van der Waals surface area contributed by atoms with Crippen LogP contribution in [0.3, 0.4) is 0 Å². The van der Waals surface area contributed by atoms with Gasteiger partial charge in [-0.15, -0.1) is 0 Å². The summed E-state index contributed by atoms with van der Waals surface area (Å²) in [6.07, 6.45) is 7.18. The Hall–Kier alpha value is -5.00. The van der Waals surface area contributed by atoms with Crippen LogP contribution < -0.4 is 9.64 Å². The molecule has 0 N–H and O–H groups in total. The van der Waals surface area contributed by atoms with Gasteiger partial charge in [-0.3, -0.25) is 15.0 Å². The van der Waals surface area contributed by atoms with E-state index in [-0.39, 0.29) is 0 Å². The highest BCUT2D eigenvalue weighted by atomic mass is 35.5. The lowest BCUT2D eigenvalue weighted by molar-refractivity contribution is 0.478. The van der Waals surface area contributed by atoms with Crippen LogP contribution in [-0.4, -0.2) is 15.0 Å². The fourth-order valence-electron chi connectivity index (χ4n) is 6.88. The Morgan fingerprint density at radius 2 is 1.48 bits per heavy atom. The average molecular weight is 535 g/mol. The van der Waals surface area contributed by atoms with Gasteiger partial charge in [0.1, 0.15) is 0 Å². The number of hydrogen-bond donors (Lipinski definition) is 0. The third-order valence-electron chi connectivity index (χ3n) is 8.32. The quantitative estimate of drug-likeness (QED) is 0.211.